The van der Waals surface area contributed by atoms with Gasteiger partial charge in [-0.2, -0.15) is 0 Å². The third kappa shape index (κ3) is 4.70. The number of nitrogens with one attached hydrogen (secondary N) is 2. The monoisotopic (exact) mass is 455 g/mol. The molecule has 2 aromatic rings. The van der Waals surface area contributed by atoms with Crippen LogP contribution in [0.4, 0.5) is 0 Å². The van der Waals surface area contributed by atoms with Crippen LogP contribution in [0.15, 0.2) is 30.5 Å². The number of aliphatic carboxylic acids is 1. The Bertz CT molecular complexity index is 1070. The number of aromatic amines is 1. The molecule has 1 aromatic heterocycles. The van der Waals surface area contributed by atoms with Crippen molar-refractivity contribution in [2.45, 2.75) is 50.2 Å². The number of nitrogens with two attached hydrogens (primary N) is 1. The van der Waals surface area contributed by atoms with Gasteiger partial charge in [-0.1, -0.05) is 18.2 Å². The van der Waals surface area contributed by atoms with Gasteiger partial charge >= 0.3 is 5.97 Å². The van der Waals surface area contributed by atoms with Crippen molar-refractivity contribution < 1.29 is 24.3 Å². The van der Waals surface area contributed by atoms with Gasteiger partial charge in [-0.15, -0.1) is 0 Å². The summed E-state index contributed by atoms with van der Waals surface area (Å²) >= 11 is 0. The number of para-hydroxylation sites is 1. The number of H-pyrrole nitrogens is 1. The Balaban J connectivity index is 1.43. The molecule has 33 heavy (non-hydrogen) atoms. The second-order valence-corrected chi connectivity index (χ2v) is 8.66. The van der Waals surface area contributed by atoms with Crippen LogP contribution < -0.4 is 11.1 Å². The Morgan fingerprint density at radius 1 is 1.09 bits per heavy atom. The zero-order valence-corrected chi connectivity index (χ0v) is 18.3. The first-order valence-electron chi connectivity index (χ1n) is 11.3. The number of likely N-dealkylation sites (tertiary alicyclic amines) is 2. The van der Waals surface area contributed by atoms with Gasteiger partial charge in [-0.25, -0.2) is 0 Å². The van der Waals surface area contributed by atoms with Crippen molar-refractivity contribution in [1.29, 1.82) is 0 Å². The highest BCUT2D eigenvalue weighted by Crippen LogP contribution is 2.26. The van der Waals surface area contributed by atoms with Gasteiger partial charge in [0, 0.05) is 30.2 Å². The molecule has 0 saturated carbocycles. The highest BCUT2D eigenvalue weighted by atomic mass is 16.4. The first-order chi connectivity index (χ1) is 15.9. The first kappa shape index (κ1) is 22.8. The molecule has 0 aliphatic carbocycles. The fourth-order valence-electron chi connectivity index (χ4n) is 4.90. The minimum absolute atomic E-state index is 0.270. The molecule has 10 heteroatoms. The van der Waals surface area contributed by atoms with E-state index in [2.05, 4.69) is 10.3 Å². The summed E-state index contributed by atoms with van der Waals surface area (Å²) in [5.74, 6) is -2.17. The average molecular weight is 456 g/mol. The molecule has 3 amide bonds. The average Bonchev–Trinajstić information content (AvgIpc) is 3.56. The van der Waals surface area contributed by atoms with E-state index in [9.17, 15) is 19.2 Å². The number of carboxylic acid groups (broad SMARTS) is 1. The van der Waals surface area contributed by atoms with E-state index in [0.29, 0.717) is 45.2 Å². The van der Waals surface area contributed by atoms with Crippen LogP contribution in [-0.4, -0.2) is 81.3 Å². The zero-order chi connectivity index (χ0) is 23.5. The Hall–Kier alpha value is -3.40. The number of hydrogen-bond donors (Lipinski definition) is 4. The number of nitrogens with zero attached hydrogens (tertiary/aromatic N) is 2. The van der Waals surface area contributed by atoms with Crippen molar-refractivity contribution in [3.05, 3.63) is 36.0 Å². The SMILES string of the molecule is NC(Cc1c[nH]c2ccccc12)C(=O)N1CCCC1C(=O)N1CCCC1C(=O)NCC(=O)O. The lowest BCUT2D eigenvalue weighted by atomic mass is 10.0. The van der Waals surface area contributed by atoms with Gasteiger partial charge in [0.1, 0.15) is 18.6 Å². The number of aromatic nitrogens is 1. The maximum Gasteiger partial charge on any atom is 0.322 e. The van der Waals surface area contributed by atoms with Gasteiger partial charge in [-0.05, 0) is 43.7 Å². The maximum absolute atomic E-state index is 13.3. The summed E-state index contributed by atoms with van der Waals surface area (Å²) in [6, 6.07) is 5.65. The van der Waals surface area contributed by atoms with Crippen LogP contribution >= 0.6 is 0 Å². The van der Waals surface area contributed by atoms with Crippen LogP contribution in [0.3, 0.4) is 0 Å². The molecule has 1 aromatic carbocycles. The topological polar surface area (TPSA) is 149 Å². The van der Waals surface area contributed by atoms with E-state index in [4.69, 9.17) is 10.8 Å². The number of fused-ring (bicyclic) bond motifs is 1. The summed E-state index contributed by atoms with van der Waals surface area (Å²) in [4.78, 5) is 55.9. The third-order valence-corrected chi connectivity index (χ3v) is 6.51. The number of amides is 3. The van der Waals surface area contributed by atoms with Gasteiger partial charge in [0.15, 0.2) is 0 Å². The molecule has 3 atom stereocenters. The van der Waals surface area contributed by atoms with E-state index in [1.165, 1.54) is 4.90 Å². The molecule has 2 saturated heterocycles. The predicted octanol–water partition coefficient (Wildman–Crippen LogP) is 0.221. The van der Waals surface area contributed by atoms with Gasteiger partial charge in [0.25, 0.3) is 0 Å². The minimum Gasteiger partial charge on any atom is -0.480 e. The number of carbonyl (C=O) groups is 4. The largest absolute Gasteiger partial charge is 0.480 e. The molecule has 5 N–H and O–H groups in total. The van der Waals surface area contributed by atoms with Gasteiger partial charge in [0.05, 0.1) is 6.04 Å². The number of carbonyl (C=O) groups excluding carboxylic acids is 3. The predicted molar refractivity (Wildman–Crippen MR) is 120 cm³/mol. The van der Waals surface area contributed by atoms with E-state index in [0.717, 1.165) is 16.5 Å². The smallest absolute Gasteiger partial charge is 0.322 e. The molecule has 2 aliphatic rings. The van der Waals surface area contributed by atoms with Crippen LogP contribution in [0.5, 0.6) is 0 Å². The Morgan fingerprint density at radius 2 is 1.79 bits per heavy atom. The molecule has 0 bridgehead atoms. The molecule has 2 fully saturated rings. The highest BCUT2D eigenvalue weighted by Gasteiger charge is 2.42. The molecule has 0 spiro atoms. The molecule has 10 nitrogen and oxygen atoms in total. The molecular formula is C23H29N5O5. The lowest BCUT2D eigenvalue weighted by Gasteiger charge is -2.32. The summed E-state index contributed by atoms with van der Waals surface area (Å²) in [5, 5.41) is 12.2. The fraction of sp³-hybridized carbons (Fsp3) is 0.478. The van der Waals surface area contributed by atoms with Crippen molar-refractivity contribution in [2.75, 3.05) is 19.6 Å². The summed E-state index contributed by atoms with van der Waals surface area (Å²) < 4.78 is 0. The van der Waals surface area contributed by atoms with Gasteiger partial charge in [-0.3, -0.25) is 19.2 Å². The van der Waals surface area contributed by atoms with Crippen LogP contribution in [0.1, 0.15) is 31.2 Å². The van der Waals surface area contributed by atoms with Crippen LogP contribution in [-0.2, 0) is 25.6 Å². The molecule has 4 rings (SSSR count). The third-order valence-electron chi connectivity index (χ3n) is 6.51. The van der Waals surface area contributed by atoms with Crippen LogP contribution in [0.2, 0.25) is 0 Å². The van der Waals surface area contributed by atoms with Crippen molar-refractivity contribution in [1.82, 2.24) is 20.1 Å². The molecule has 2 aliphatic heterocycles. The zero-order valence-electron chi connectivity index (χ0n) is 18.3. The molecule has 3 heterocycles. The van der Waals surface area contributed by atoms with Gasteiger partial charge in [0.2, 0.25) is 17.7 Å². The van der Waals surface area contributed by atoms with E-state index < -0.39 is 36.5 Å². The Morgan fingerprint density at radius 3 is 2.55 bits per heavy atom. The van der Waals surface area contributed by atoms with Crippen molar-refractivity contribution in [3.63, 3.8) is 0 Å². The highest BCUT2D eigenvalue weighted by molar-refractivity contribution is 5.94. The van der Waals surface area contributed by atoms with E-state index >= 15 is 0 Å². The lowest BCUT2D eigenvalue weighted by Crippen LogP contribution is -2.55. The summed E-state index contributed by atoms with van der Waals surface area (Å²) in [5.41, 5.74) is 8.21. The summed E-state index contributed by atoms with van der Waals surface area (Å²) in [6.45, 7) is 0.360. The van der Waals surface area contributed by atoms with Crippen LogP contribution in [0, 0.1) is 0 Å². The number of rotatable bonds is 7. The maximum atomic E-state index is 13.3. The molecule has 176 valence electrons. The molecular weight excluding hydrogens is 426 g/mol. The van der Waals surface area contributed by atoms with E-state index in [-0.39, 0.29) is 11.8 Å². The lowest BCUT2D eigenvalue weighted by molar-refractivity contribution is -0.147. The summed E-state index contributed by atoms with van der Waals surface area (Å²) in [7, 11) is 0. The molecule has 0 radical (unpaired) electrons. The number of carboxylic acids is 1. The van der Waals surface area contributed by atoms with Crippen molar-refractivity contribution >= 4 is 34.6 Å². The second-order valence-electron chi connectivity index (χ2n) is 8.66. The van der Waals surface area contributed by atoms with E-state index in [1.807, 2.05) is 30.5 Å². The normalized spacial score (nSPS) is 21.4. The Labute approximate surface area is 191 Å². The first-order valence-corrected chi connectivity index (χ1v) is 11.3. The van der Waals surface area contributed by atoms with Crippen LogP contribution in [0.25, 0.3) is 10.9 Å². The van der Waals surface area contributed by atoms with Gasteiger partial charge < -0.3 is 30.9 Å². The van der Waals surface area contributed by atoms with Crippen molar-refractivity contribution in [3.8, 4) is 0 Å². The number of benzene rings is 1. The summed E-state index contributed by atoms with van der Waals surface area (Å²) in [6.07, 6.45) is 4.53. The standard InChI is InChI=1S/C23H29N5O5/c24-16(11-14-12-25-17-6-2-1-5-15(14)17)22(32)28-10-4-8-19(28)23(33)27-9-3-7-18(27)21(31)26-13-20(29)30/h1-2,5-6,12,16,18-19,25H,3-4,7-11,13,24H2,(H,26,31)(H,29,30). The van der Waals surface area contributed by atoms with E-state index in [1.54, 1.807) is 4.90 Å². The Kier molecular flexibility index (Phi) is 6.64. The minimum atomic E-state index is -1.14. The quantitative estimate of drug-likeness (QED) is 0.469. The second kappa shape index (κ2) is 9.62. The van der Waals surface area contributed by atoms with Crippen molar-refractivity contribution in [2.24, 2.45) is 5.73 Å². The fourth-order valence-corrected chi connectivity index (χ4v) is 4.90. The number of hydrogen-bond acceptors (Lipinski definition) is 5. The molecule has 3 unspecified atom stereocenters.